The SMILES string of the molecule is CC(=O)N[C@@H]1[C@@H](O[C@@H]2O[C@H](CO)[C@H](O)[C@H](O)[C@H]2O)[C@H](O[C@@H]2O[C@@H](C)[C@@H](O)[C@@H](O)[C@@H]2O)[C@@H](CO)O[C@H]1O. The first-order valence-corrected chi connectivity index (χ1v) is 11.4. The second kappa shape index (κ2) is 12.2. The van der Waals surface area contributed by atoms with Crippen LogP contribution in [-0.2, 0) is 28.5 Å². The van der Waals surface area contributed by atoms with Crippen LogP contribution in [0.4, 0.5) is 0 Å². The van der Waals surface area contributed by atoms with Gasteiger partial charge in [-0.15, -0.1) is 0 Å². The third-order valence-electron chi connectivity index (χ3n) is 6.45. The summed E-state index contributed by atoms with van der Waals surface area (Å²) in [5.41, 5.74) is 0. The first-order chi connectivity index (χ1) is 16.9. The molecule has 10 N–H and O–H groups in total. The van der Waals surface area contributed by atoms with Crippen molar-refractivity contribution in [2.75, 3.05) is 13.2 Å². The van der Waals surface area contributed by atoms with Gasteiger partial charge in [-0.1, -0.05) is 0 Å². The lowest BCUT2D eigenvalue weighted by Crippen LogP contribution is -2.69. The molecular weight excluding hydrogens is 494 g/mol. The molecule has 1 amide bonds. The molecule has 36 heavy (non-hydrogen) atoms. The van der Waals surface area contributed by atoms with Gasteiger partial charge in [0.2, 0.25) is 5.91 Å². The van der Waals surface area contributed by atoms with Crippen LogP contribution in [0.1, 0.15) is 13.8 Å². The fourth-order valence-electron chi connectivity index (χ4n) is 4.40. The van der Waals surface area contributed by atoms with Crippen LogP contribution in [0, 0.1) is 0 Å². The average molecular weight is 529 g/mol. The number of amides is 1. The van der Waals surface area contributed by atoms with Gasteiger partial charge in [0, 0.05) is 6.92 Å². The van der Waals surface area contributed by atoms with Gasteiger partial charge in [0.1, 0.15) is 67.1 Å². The smallest absolute Gasteiger partial charge is 0.217 e. The van der Waals surface area contributed by atoms with Crippen LogP contribution >= 0.6 is 0 Å². The van der Waals surface area contributed by atoms with Gasteiger partial charge in [0.15, 0.2) is 18.9 Å². The molecule has 16 heteroatoms. The Morgan fingerprint density at radius 3 is 1.81 bits per heavy atom. The number of nitrogens with one attached hydrogen (secondary N) is 1. The van der Waals surface area contributed by atoms with Gasteiger partial charge in [-0.25, -0.2) is 0 Å². The summed E-state index contributed by atoms with van der Waals surface area (Å²) in [6.07, 6.45) is -22.0. The molecule has 0 aliphatic carbocycles. The summed E-state index contributed by atoms with van der Waals surface area (Å²) in [5.74, 6) is -0.646. The standard InChI is InChI=1S/C20H35NO15/c1-5-10(25)12(27)14(29)19(32-5)35-16-8(4-23)33-18(31)9(21-6(2)24)17(16)36-20-15(30)13(28)11(26)7(3-22)34-20/h5,7-20,22-23,25-31H,3-4H2,1-2H3,(H,21,24)/t5-,7+,8+,9+,10+,11-,12+,13-,14-,15+,16+,17+,18+,19-,20-/m0/s1. The van der Waals surface area contributed by atoms with Crippen LogP contribution < -0.4 is 5.32 Å². The Kier molecular flexibility index (Phi) is 9.97. The lowest BCUT2D eigenvalue weighted by molar-refractivity contribution is -0.370. The molecule has 0 aromatic heterocycles. The number of hydrogen-bond acceptors (Lipinski definition) is 15. The van der Waals surface area contributed by atoms with Crippen molar-refractivity contribution in [1.82, 2.24) is 5.32 Å². The highest BCUT2D eigenvalue weighted by Crippen LogP contribution is 2.32. The van der Waals surface area contributed by atoms with Crippen molar-refractivity contribution in [1.29, 1.82) is 0 Å². The van der Waals surface area contributed by atoms with E-state index < -0.39 is 111 Å². The van der Waals surface area contributed by atoms with E-state index >= 15 is 0 Å². The Labute approximate surface area is 205 Å². The van der Waals surface area contributed by atoms with Crippen molar-refractivity contribution in [3.8, 4) is 0 Å². The topological polar surface area (TPSA) is 257 Å². The summed E-state index contributed by atoms with van der Waals surface area (Å²) in [6.45, 7) is 1.00. The van der Waals surface area contributed by atoms with E-state index in [1.807, 2.05) is 0 Å². The van der Waals surface area contributed by atoms with Gasteiger partial charge < -0.3 is 75.0 Å². The van der Waals surface area contributed by atoms with Crippen LogP contribution in [0.25, 0.3) is 0 Å². The first-order valence-electron chi connectivity index (χ1n) is 11.4. The van der Waals surface area contributed by atoms with Crippen molar-refractivity contribution in [3.63, 3.8) is 0 Å². The van der Waals surface area contributed by atoms with Crippen LogP contribution in [0.5, 0.6) is 0 Å². The predicted octanol–water partition coefficient (Wildman–Crippen LogP) is -6.40. The highest BCUT2D eigenvalue weighted by Gasteiger charge is 2.54. The molecule has 0 spiro atoms. The van der Waals surface area contributed by atoms with Crippen LogP contribution in [0.2, 0.25) is 0 Å². The quantitative estimate of drug-likeness (QED) is 0.147. The molecular formula is C20H35NO15. The summed E-state index contributed by atoms with van der Waals surface area (Å²) in [7, 11) is 0. The zero-order valence-corrected chi connectivity index (χ0v) is 19.5. The lowest BCUT2D eigenvalue weighted by atomic mass is 9.94. The van der Waals surface area contributed by atoms with Crippen molar-refractivity contribution in [3.05, 3.63) is 0 Å². The lowest BCUT2D eigenvalue weighted by Gasteiger charge is -2.49. The van der Waals surface area contributed by atoms with E-state index in [1.165, 1.54) is 6.92 Å². The molecule has 3 rings (SSSR count). The van der Waals surface area contributed by atoms with E-state index in [9.17, 15) is 50.8 Å². The summed E-state index contributed by atoms with van der Waals surface area (Å²) in [4.78, 5) is 11.8. The highest BCUT2D eigenvalue weighted by molar-refractivity contribution is 5.73. The Morgan fingerprint density at radius 1 is 0.722 bits per heavy atom. The largest absolute Gasteiger partial charge is 0.394 e. The monoisotopic (exact) mass is 529 g/mol. The molecule has 0 radical (unpaired) electrons. The number of hydrogen-bond donors (Lipinski definition) is 10. The molecule has 0 saturated carbocycles. The summed E-state index contributed by atoms with van der Waals surface area (Å²) in [5, 5.41) is 93.2. The summed E-state index contributed by atoms with van der Waals surface area (Å²) >= 11 is 0. The van der Waals surface area contributed by atoms with Gasteiger partial charge in [-0.2, -0.15) is 0 Å². The van der Waals surface area contributed by atoms with Crippen molar-refractivity contribution in [2.45, 2.75) is 106 Å². The maximum Gasteiger partial charge on any atom is 0.217 e. The second-order valence-corrected chi connectivity index (χ2v) is 9.05. The number of aliphatic hydroxyl groups excluding tert-OH is 9. The number of ether oxygens (including phenoxy) is 5. The molecule has 16 nitrogen and oxygen atoms in total. The van der Waals surface area contributed by atoms with Gasteiger partial charge in [-0.05, 0) is 6.92 Å². The van der Waals surface area contributed by atoms with Crippen molar-refractivity contribution in [2.24, 2.45) is 0 Å². The maximum atomic E-state index is 11.8. The third kappa shape index (κ3) is 5.97. The number of aliphatic hydroxyl groups is 9. The molecule has 0 bridgehead atoms. The van der Waals surface area contributed by atoms with Crippen molar-refractivity contribution < 1.29 is 74.4 Å². The van der Waals surface area contributed by atoms with Gasteiger partial charge in [0.25, 0.3) is 0 Å². The zero-order valence-electron chi connectivity index (χ0n) is 19.5. The number of carbonyl (C=O) groups excluding carboxylic acids is 1. The van der Waals surface area contributed by atoms with Crippen LogP contribution in [0.15, 0.2) is 0 Å². The van der Waals surface area contributed by atoms with E-state index in [-0.39, 0.29) is 0 Å². The van der Waals surface area contributed by atoms with Crippen LogP contribution in [-0.4, -0.2) is 157 Å². The molecule has 3 saturated heterocycles. The Hall–Kier alpha value is -1.09. The molecule has 0 aromatic carbocycles. The minimum atomic E-state index is -1.86. The van der Waals surface area contributed by atoms with Gasteiger partial charge >= 0.3 is 0 Å². The Bertz CT molecular complexity index is 729. The minimum Gasteiger partial charge on any atom is -0.394 e. The fraction of sp³-hybridized carbons (Fsp3) is 0.950. The van der Waals surface area contributed by atoms with E-state index in [4.69, 9.17) is 23.7 Å². The fourth-order valence-corrected chi connectivity index (χ4v) is 4.40. The molecule has 15 atom stereocenters. The van der Waals surface area contributed by atoms with Gasteiger partial charge in [-0.3, -0.25) is 4.79 Å². The first kappa shape index (κ1) is 29.5. The maximum absolute atomic E-state index is 11.8. The van der Waals surface area contributed by atoms with E-state index in [0.29, 0.717) is 0 Å². The summed E-state index contributed by atoms with van der Waals surface area (Å²) < 4.78 is 27.7. The average Bonchev–Trinajstić information content (AvgIpc) is 2.84. The minimum absolute atomic E-state index is 0.646. The van der Waals surface area contributed by atoms with Crippen LogP contribution in [0.3, 0.4) is 0 Å². The molecule has 3 aliphatic rings. The molecule has 0 aromatic rings. The Morgan fingerprint density at radius 2 is 1.25 bits per heavy atom. The molecule has 210 valence electrons. The van der Waals surface area contributed by atoms with E-state index in [1.54, 1.807) is 0 Å². The highest BCUT2D eigenvalue weighted by atomic mass is 16.7. The second-order valence-electron chi connectivity index (χ2n) is 9.05. The third-order valence-corrected chi connectivity index (χ3v) is 6.45. The van der Waals surface area contributed by atoms with Gasteiger partial charge in [0.05, 0.1) is 19.3 Å². The molecule has 3 heterocycles. The molecule has 0 unspecified atom stereocenters. The van der Waals surface area contributed by atoms with E-state index in [2.05, 4.69) is 5.32 Å². The molecule has 3 aliphatic heterocycles. The van der Waals surface area contributed by atoms with E-state index in [0.717, 1.165) is 6.92 Å². The Balaban J connectivity index is 1.92. The number of rotatable bonds is 7. The number of carbonyl (C=O) groups is 1. The molecule has 3 fully saturated rings. The summed E-state index contributed by atoms with van der Waals surface area (Å²) in [6, 6.07) is -1.42. The normalized spacial score (nSPS) is 50.0. The predicted molar refractivity (Wildman–Crippen MR) is 111 cm³/mol. The van der Waals surface area contributed by atoms with Crippen molar-refractivity contribution >= 4 is 5.91 Å². The zero-order chi connectivity index (χ0) is 26.9.